The Morgan fingerprint density at radius 1 is 0.789 bits per heavy atom. The van der Waals surface area contributed by atoms with Gasteiger partial charge in [0.25, 0.3) is 0 Å². The van der Waals surface area contributed by atoms with Crippen LogP contribution in [0.4, 0.5) is 0 Å². The van der Waals surface area contributed by atoms with E-state index in [1.165, 1.54) is 75.7 Å². The minimum atomic E-state index is 0. The fourth-order valence-corrected chi connectivity index (χ4v) is 9.77. The van der Waals surface area contributed by atoms with Crippen molar-refractivity contribution >= 4 is 58.8 Å². The zero-order valence-electron chi connectivity index (χ0n) is 36.1. The van der Waals surface area contributed by atoms with Gasteiger partial charge in [0.1, 0.15) is 11.2 Å². The van der Waals surface area contributed by atoms with Crippen molar-refractivity contribution in [3.8, 4) is 11.3 Å². The third kappa shape index (κ3) is 10.3. The molecule has 6 rings (SSSR count). The molecule has 0 saturated heterocycles. The third-order valence-corrected chi connectivity index (χ3v) is 12.7. The minimum Gasteiger partial charge on any atom is -0.512 e. The first-order valence-corrected chi connectivity index (χ1v) is 22.0. The van der Waals surface area contributed by atoms with Gasteiger partial charge in [-0.05, 0) is 93.8 Å². The molecule has 0 spiro atoms. The van der Waals surface area contributed by atoms with Crippen LogP contribution in [-0.4, -0.2) is 10.9 Å². The SMILES string of the molecule is CCC(CC)C(=O)/C=C(\O)C(CC)CC.[CH2-]CCc1c(-c2c3sc4c5cc(CC(C)C)ccc5ccc4c3cc[n+]2CC[CH2-])cc(C(C)(C)C)c2ccccc12.[Ir]. The van der Waals surface area contributed by atoms with E-state index in [0.29, 0.717) is 5.92 Å². The molecule has 0 bridgehead atoms. The molecule has 3 nitrogen and oxygen atoms in total. The van der Waals surface area contributed by atoms with Gasteiger partial charge in [0.2, 0.25) is 5.69 Å². The molecule has 0 unspecified atom stereocenters. The first kappa shape index (κ1) is 46.3. The predicted octanol–water partition coefficient (Wildman–Crippen LogP) is 14.7. The maximum absolute atomic E-state index is 11.7. The molecule has 0 atom stereocenters. The molecular weight excluding hydrogens is 895 g/mol. The van der Waals surface area contributed by atoms with E-state index in [0.717, 1.165) is 57.9 Å². The average Bonchev–Trinajstić information content (AvgIpc) is 3.55. The van der Waals surface area contributed by atoms with E-state index in [1.807, 2.05) is 39.0 Å². The standard InChI is InChI=1S/C39H42NS.C13H24O2.Ir/c1-8-12-28-29-13-10-11-14-30(29)35(39(5,6)7)24-34(28)36-38-32(19-21-40(36)20-9-2)31-18-17-27-16-15-26(22-25(3)4)23-33(27)37(31)41-38;1-5-10(6-2)12(14)9-13(15)11(7-3)8-4;/h10-11,13-19,21,23-25H,1-2,8-9,12,20,22H2,3-7H3;9-11,14H,5-8H2,1-4H3;/q-1;;/b;12-9-;. The number of nitrogens with zero attached hydrogens (tertiary/aromatic N) is 1. The zero-order chi connectivity index (χ0) is 40.7. The number of benzene rings is 4. The summed E-state index contributed by atoms with van der Waals surface area (Å²) in [5.41, 5.74) is 6.94. The molecule has 2 aromatic heterocycles. The van der Waals surface area contributed by atoms with Gasteiger partial charge in [0.05, 0.1) is 11.3 Å². The Balaban J connectivity index is 0.000000385. The van der Waals surface area contributed by atoms with Crippen molar-refractivity contribution in [3.05, 3.63) is 115 Å². The summed E-state index contributed by atoms with van der Waals surface area (Å²) in [4.78, 5) is 11.7. The van der Waals surface area contributed by atoms with E-state index < -0.39 is 0 Å². The van der Waals surface area contributed by atoms with Crippen LogP contribution in [0.5, 0.6) is 0 Å². The van der Waals surface area contributed by atoms with Crippen LogP contribution in [0, 0.1) is 31.6 Å². The summed E-state index contributed by atoms with van der Waals surface area (Å²) in [5, 5.41) is 17.9. The summed E-state index contributed by atoms with van der Waals surface area (Å²) in [6.45, 7) is 29.1. The molecule has 57 heavy (non-hydrogen) atoms. The number of ketones is 1. The van der Waals surface area contributed by atoms with E-state index >= 15 is 0 Å². The van der Waals surface area contributed by atoms with Gasteiger partial charge >= 0.3 is 0 Å². The fraction of sp³-hybridized carbons (Fsp3) is 0.423. The Labute approximate surface area is 361 Å². The number of allylic oxidation sites excluding steroid dienone is 2. The van der Waals surface area contributed by atoms with Crippen LogP contribution in [0.2, 0.25) is 0 Å². The third-order valence-electron chi connectivity index (χ3n) is 11.5. The molecular formula is C52H66IrNO2S-. The number of aromatic nitrogens is 1. The van der Waals surface area contributed by atoms with Crippen LogP contribution in [0.1, 0.15) is 118 Å². The maximum atomic E-state index is 11.7. The number of aryl methyl sites for hydroxylation is 2. The number of aliphatic hydroxyl groups is 1. The second-order valence-corrected chi connectivity index (χ2v) is 18.0. The van der Waals surface area contributed by atoms with Crippen molar-refractivity contribution in [2.45, 2.75) is 126 Å². The van der Waals surface area contributed by atoms with Crippen LogP contribution in [0.15, 0.2) is 84.8 Å². The normalized spacial score (nSPS) is 12.3. The number of hydrogen-bond acceptors (Lipinski definition) is 3. The van der Waals surface area contributed by atoms with Gasteiger partial charge in [-0.25, -0.2) is 0 Å². The number of aliphatic hydroxyl groups excluding tert-OH is 1. The van der Waals surface area contributed by atoms with Gasteiger partial charge in [-0.15, -0.1) is 17.8 Å². The minimum absolute atomic E-state index is 0. The summed E-state index contributed by atoms with van der Waals surface area (Å²) in [7, 11) is 0. The quantitative estimate of drug-likeness (QED) is 0.0511. The second-order valence-electron chi connectivity index (χ2n) is 17.0. The molecule has 0 aliphatic rings. The molecule has 1 radical (unpaired) electrons. The summed E-state index contributed by atoms with van der Waals surface area (Å²) in [5.74, 6) is 1.18. The number of fused-ring (bicyclic) bond motifs is 6. The van der Waals surface area contributed by atoms with Crippen molar-refractivity contribution in [2.75, 3.05) is 0 Å². The molecule has 0 fully saturated rings. The first-order chi connectivity index (χ1) is 26.8. The number of hydrogen-bond donors (Lipinski definition) is 1. The number of rotatable bonds is 14. The Morgan fingerprint density at radius 2 is 1.42 bits per heavy atom. The molecule has 6 aromatic rings. The van der Waals surface area contributed by atoms with Crippen LogP contribution < -0.4 is 4.57 Å². The smallest absolute Gasteiger partial charge is 0.230 e. The Bertz CT molecular complexity index is 2320. The molecule has 0 aliphatic heterocycles. The molecule has 0 aliphatic carbocycles. The van der Waals surface area contributed by atoms with Crippen LogP contribution in [0.3, 0.4) is 0 Å². The molecule has 307 valence electrons. The molecule has 2 heterocycles. The van der Waals surface area contributed by atoms with Gasteiger partial charge in [0, 0.05) is 59.6 Å². The molecule has 4 aromatic carbocycles. The van der Waals surface area contributed by atoms with Gasteiger partial charge in [-0.1, -0.05) is 117 Å². The maximum Gasteiger partial charge on any atom is 0.230 e. The summed E-state index contributed by atoms with van der Waals surface area (Å²) >= 11 is 1.97. The van der Waals surface area contributed by atoms with Crippen molar-refractivity contribution in [1.82, 2.24) is 0 Å². The van der Waals surface area contributed by atoms with Crippen LogP contribution in [-0.2, 0) is 49.7 Å². The molecule has 0 amide bonds. The van der Waals surface area contributed by atoms with Gasteiger partial charge in [-0.2, -0.15) is 11.0 Å². The van der Waals surface area contributed by atoms with Gasteiger partial charge in [0.15, 0.2) is 12.0 Å². The molecule has 1 N–H and O–H groups in total. The average molecular weight is 961 g/mol. The number of thiophene rings is 1. The predicted molar refractivity (Wildman–Crippen MR) is 245 cm³/mol. The van der Waals surface area contributed by atoms with E-state index in [2.05, 4.69) is 126 Å². The number of carbonyl (C=O) groups excluding carboxylic acids is 1. The summed E-state index contributed by atoms with van der Waals surface area (Å²) in [6, 6.07) is 25.5. The summed E-state index contributed by atoms with van der Waals surface area (Å²) < 4.78 is 5.23. The van der Waals surface area contributed by atoms with Crippen molar-refractivity contribution in [2.24, 2.45) is 17.8 Å². The first-order valence-electron chi connectivity index (χ1n) is 21.2. The van der Waals surface area contributed by atoms with Crippen LogP contribution in [0.25, 0.3) is 53.0 Å². The van der Waals surface area contributed by atoms with Crippen molar-refractivity contribution < 1.29 is 34.6 Å². The van der Waals surface area contributed by atoms with Crippen LogP contribution >= 0.6 is 11.3 Å². The largest absolute Gasteiger partial charge is 0.512 e. The monoisotopic (exact) mass is 961 g/mol. The fourth-order valence-electron chi connectivity index (χ4n) is 8.38. The molecule has 5 heteroatoms. The van der Waals surface area contributed by atoms with E-state index in [-0.39, 0.29) is 48.9 Å². The number of carbonyl (C=O) groups is 1. The second kappa shape index (κ2) is 20.5. The topological polar surface area (TPSA) is 41.2 Å². The Morgan fingerprint density at radius 3 is 2.02 bits per heavy atom. The Kier molecular flexibility index (Phi) is 16.7. The number of pyridine rings is 1. The zero-order valence-corrected chi connectivity index (χ0v) is 39.3. The van der Waals surface area contributed by atoms with Crippen molar-refractivity contribution in [1.29, 1.82) is 0 Å². The van der Waals surface area contributed by atoms with E-state index in [1.54, 1.807) is 0 Å². The van der Waals surface area contributed by atoms with E-state index in [9.17, 15) is 9.90 Å². The van der Waals surface area contributed by atoms with E-state index in [4.69, 9.17) is 0 Å². The molecule has 0 saturated carbocycles. The summed E-state index contributed by atoms with van der Waals surface area (Å²) in [6.07, 6.45) is 11.0. The van der Waals surface area contributed by atoms with Crippen molar-refractivity contribution in [3.63, 3.8) is 0 Å². The Hall–Kier alpha value is -3.37. The van der Waals surface area contributed by atoms with Gasteiger partial charge < -0.3 is 19.0 Å². The van der Waals surface area contributed by atoms with Gasteiger partial charge in [-0.3, -0.25) is 4.79 Å².